The van der Waals surface area contributed by atoms with Gasteiger partial charge in [0.05, 0.1) is 15.5 Å². The first-order chi connectivity index (χ1) is 9.72. The van der Waals surface area contributed by atoms with E-state index in [0.717, 1.165) is 13.1 Å². The van der Waals surface area contributed by atoms with E-state index in [9.17, 15) is 10.1 Å². The van der Waals surface area contributed by atoms with Crippen molar-refractivity contribution in [1.82, 2.24) is 9.88 Å². The van der Waals surface area contributed by atoms with Gasteiger partial charge in [0.2, 0.25) is 0 Å². The fraction of sp³-hybridized carbons (Fsp3) is 0.615. The van der Waals surface area contributed by atoms with Gasteiger partial charge in [-0.2, -0.15) is 4.98 Å². The molecule has 1 rings (SSSR count). The number of halogens is 1. The maximum absolute atomic E-state index is 11.1. The van der Waals surface area contributed by atoms with Gasteiger partial charge in [-0.25, -0.2) is 0 Å². The van der Waals surface area contributed by atoms with Crippen molar-refractivity contribution in [2.45, 2.75) is 20.0 Å². The molecule has 0 amide bonds. The van der Waals surface area contributed by atoms with E-state index in [1.54, 1.807) is 0 Å². The zero-order valence-electron chi connectivity index (χ0n) is 13.0. The fourth-order valence-corrected chi connectivity index (χ4v) is 2.23. The molecule has 0 aromatic carbocycles. The van der Waals surface area contributed by atoms with Crippen LogP contribution in [0.2, 0.25) is 0 Å². The van der Waals surface area contributed by atoms with E-state index >= 15 is 0 Å². The van der Waals surface area contributed by atoms with Crippen molar-refractivity contribution >= 4 is 27.4 Å². The minimum atomic E-state index is -0.487. The molecular weight excluding hydrogens is 340 g/mol. The minimum absolute atomic E-state index is 0.0462. The second-order valence-electron chi connectivity index (χ2n) is 5.27. The van der Waals surface area contributed by atoms with E-state index < -0.39 is 4.92 Å². The summed E-state index contributed by atoms with van der Waals surface area (Å²) in [6.45, 7) is 5.21. The molecule has 0 bridgehead atoms. The van der Waals surface area contributed by atoms with Gasteiger partial charge in [-0.3, -0.25) is 10.1 Å². The average molecular weight is 361 g/mol. The Morgan fingerprint density at radius 1 is 1.38 bits per heavy atom. The van der Waals surface area contributed by atoms with Crippen LogP contribution in [0.3, 0.4) is 0 Å². The van der Waals surface area contributed by atoms with Gasteiger partial charge >= 0.3 is 5.69 Å². The van der Waals surface area contributed by atoms with E-state index in [1.165, 1.54) is 6.07 Å². The third-order valence-corrected chi connectivity index (χ3v) is 3.28. The monoisotopic (exact) mass is 360 g/mol. The van der Waals surface area contributed by atoms with Gasteiger partial charge in [0, 0.05) is 26.2 Å². The van der Waals surface area contributed by atoms with Crippen LogP contribution >= 0.6 is 15.9 Å². The van der Waals surface area contributed by atoms with Gasteiger partial charge in [0.1, 0.15) is 5.82 Å². The zero-order valence-corrected chi connectivity index (χ0v) is 14.5. The van der Waals surface area contributed by atoms with Crippen LogP contribution in [0.1, 0.15) is 13.8 Å². The lowest BCUT2D eigenvalue weighted by Gasteiger charge is -2.22. The molecule has 0 radical (unpaired) electrons. The van der Waals surface area contributed by atoms with Gasteiger partial charge in [-0.05, 0) is 43.9 Å². The lowest BCUT2D eigenvalue weighted by molar-refractivity contribution is -0.386. The predicted molar refractivity (Wildman–Crippen MR) is 86.2 cm³/mol. The molecule has 0 fully saturated rings. The Labute approximate surface area is 133 Å². The molecule has 0 aliphatic carbocycles. The van der Waals surface area contributed by atoms with Crippen molar-refractivity contribution in [3.8, 4) is 5.88 Å². The van der Waals surface area contributed by atoms with Crippen LogP contribution in [0, 0.1) is 10.1 Å². The van der Waals surface area contributed by atoms with E-state index in [4.69, 9.17) is 4.74 Å². The molecule has 0 unspecified atom stereocenters. The Hall–Kier alpha value is -1.41. The molecule has 1 aromatic rings. The van der Waals surface area contributed by atoms with E-state index in [2.05, 4.69) is 25.8 Å². The first-order valence-corrected chi connectivity index (χ1v) is 7.39. The summed E-state index contributed by atoms with van der Waals surface area (Å²) in [5.41, 5.74) is -0.139. The SMILES string of the molecule is CC(C)Oc1nc(N(C)CCN(C)C)c(Br)cc1[N+](=O)[O-]. The highest BCUT2D eigenvalue weighted by Crippen LogP contribution is 2.34. The number of nitro groups is 1. The Balaban J connectivity index is 3.12. The molecule has 1 aromatic heterocycles. The molecule has 0 saturated carbocycles. The van der Waals surface area contributed by atoms with Crippen LogP contribution in [0.4, 0.5) is 11.5 Å². The zero-order chi connectivity index (χ0) is 16.2. The highest BCUT2D eigenvalue weighted by atomic mass is 79.9. The number of hydrogen-bond acceptors (Lipinski definition) is 6. The van der Waals surface area contributed by atoms with E-state index in [1.807, 2.05) is 39.9 Å². The first kappa shape index (κ1) is 17.6. The minimum Gasteiger partial charge on any atom is -0.470 e. The molecule has 0 aliphatic rings. The van der Waals surface area contributed by atoms with Gasteiger partial charge in [-0.15, -0.1) is 0 Å². The maximum Gasteiger partial charge on any atom is 0.332 e. The van der Waals surface area contributed by atoms with Gasteiger partial charge < -0.3 is 14.5 Å². The van der Waals surface area contributed by atoms with Crippen LogP contribution in [0.25, 0.3) is 0 Å². The molecule has 0 atom stereocenters. The van der Waals surface area contributed by atoms with Crippen molar-refractivity contribution in [2.75, 3.05) is 39.1 Å². The fourth-order valence-electron chi connectivity index (χ4n) is 1.62. The van der Waals surface area contributed by atoms with E-state index in [0.29, 0.717) is 10.3 Å². The molecule has 21 heavy (non-hydrogen) atoms. The Morgan fingerprint density at radius 3 is 2.48 bits per heavy atom. The number of aromatic nitrogens is 1. The summed E-state index contributed by atoms with van der Waals surface area (Å²) >= 11 is 3.35. The van der Waals surface area contributed by atoms with Crippen LogP contribution in [-0.2, 0) is 0 Å². The molecule has 7 nitrogen and oxygen atoms in total. The number of anilines is 1. The largest absolute Gasteiger partial charge is 0.470 e. The molecule has 8 heteroatoms. The van der Waals surface area contributed by atoms with Crippen molar-refractivity contribution in [3.05, 3.63) is 20.7 Å². The molecule has 0 saturated heterocycles. The first-order valence-electron chi connectivity index (χ1n) is 6.59. The number of rotatable bonds is 7. The third-order valence-electron chi connectivity index (χ3n) is 2.69. The predicted octanol–water partition coefficient (Wildman–Crippen LogP) is 2.54. The topological polar surface area (TPSA) is 71.7 Å². The normalized spacial score (nSPS) is 11.0. The molecule has 0 N–H and O–H groups in total. The van der Waals surface area contributed by atoms with Gasteiger partial charge in [0.15, 0.2) is 0 Å². The summed E-state index contributed by atoms with van der Waals surface area (Å²) in [4.78, 5) is 18.9. The van der Waals surface area contributed by atoms with Crippen LogP contribution < -0.4 is 9.64 Å². The summed E-state index contributed by atoms with van der Waals surface area (Å²) in [7, 11) is 5.86. The molecule has 1 heterocycles. The summed E-state index contributed by atoms with van der Waals surface area (Å²) in [5, 5.41) is 11.1. The maximum atomic E-state index is 11.1. The number of nitrogens with zero attached hydrogens (tertiary/aromatic N) is 4. The Morgan fingerprint density at radius 2 is 2.00 bits per heavy atom. The molecular formula is C13H21BrN4O3. The van der Waals surface area contributed by atoms with Crippen LogP contribution in [0.5, 0.6) is 5.88 Å². The summed E-state index contributed by atoms with van der Waals surface area (Å²) in [6.07, 6.45) is -0.183. The van der Waals surface area contributed by atoms with Crippen molar-refractivity contribution in [3.63, 3.8) is 0 Å². The van der Waals surface area contributed by atoms with Crippen molar-refractivity contribution < 1.29 is 9.66 Å². The number of ether oxygens (including phenoxy) is 1. The van der Waals surface area contributed by atoms with Crippen molar-refractivity contribution in [1.29, 1.82) is 0 Å². The highest BCUT2D eigenvalue weighted by molar-refractivity contribution is 9.10. The lowest BCUT2D eigenvalue weighted by Crippen LogP contribution is -2.29. The number of likely N-dealkylation sites (N-methyl/N-ethyl adjacent to an activating group) is 2. The quantitative estimate of drug-likeness (QED) is 0.549. The smallest absolute Gasteiger partial charge is 0.332 e. The number of hydrogen-bond donors (Lipinski definition) is 0. The standard InChI is InChI=1S/C13H21BrN4O3/c1-9(2)21-13-11(18(19)20)8-10(14)12(15-13)17(5)7-6-16(3)4/h8-9H,6-7H2,1-5H3. The third kappa shape index (κ3) is 5.13. The molecule has 118 valence electrons. The van der Waals surface area contributed by atoms with Crippen molar-refractivity contribution in [2.24, 2.45) is 0 Å². The van der Waals surface area contributed by atoms with Gasteiger partial charge in [-0.1, -0.05) is 0 Å². The second kappa shape index (κ2) is 7.56. The summed E-state index contributed by atoms with van der Waals surface area (Å²) < 4.78 is 6.04. The number of pyridine rings is 1. The lowest BCUT2D eigenvalue weighted by atomic mass is 10.3. The highest BCUT2D eigenvalue weighted by Gasteiger charge is 2.23. The Bertz CT molecular complexity index is 508. The average Bonchev–Trinajstić information content (AvgIpc) is 2.36. The van der Waals surface area contributed by atoms with E-state index in [-0.39, 0.29) is 17.7 Å². The van der Waals surface area contributed by atoms with Crippen LogP contribution in [0.15, 0.2) is 10.5 Å². The molecule has 0 aliphatic heterocycles. The second-order valence-corrected chi connectivity index (χ2v) is 6.12. The Kier molecular flexibility index (Phi) is 6.35. The summed E-state index contributed by atoms with van der Waals surface area (Å²) in [5.74, 6) is 0.669. The molecule has 0 spiro atoms. The van der Waals surface area contributed by atoms with Gasteiger partial charge in [0.25, 0.3) is 5.88 Å². The summed E-state index contributed by atoms with van der Waals surface area (Å²) in [6, 6.07) is 1.44. The van der Waals surface area contributed by atoms with Crippen LogP contribution in [-0.4, -0.2) is 55.1 Å².